The van der Waals surface area contributed by atoms with E-state index in [0.717, 1.165) is 18.8 Å². The molecule has 0 saturated carbocycles. The summed E-state index contributed by atoms with van der Waals surface area (Å²) in [5.41, 5.74) is 0.908. The van der Waals surface area contributed by atoms with E-state index in [-0.39, 0.29) is 5.56 Å². The molecule has 1 aromatic rings. The second kappa shape index (κ2) is 6.54. The third kappa shape index (κ3) is 3.32. The van der Waals surface area contributed by atoms with E-state index >= 15 is 0 Å². The van der Waals surface area contributed by atoms with Gasteiger partial charge in [0.05, 0.1) is 25.0 Å². The Morgan fingerprint density at radius 1 is 1.33 bits per heavy atom. The van der Waals surface area contributed by atoms with Crippen molar-refractivity contribution in [3.05, 3.63) is 22.6 Å². The summed E-state index contributed by atoms with van der Waals surface area (Å²) in [7, 11) is 0. The number of piperidine rings is 1. The molecule has 1 aliphatic rings. The monoisotopic (exact) mass is 251 g/mol. The molecule has 0 spiro atoms. The van der Waals surface area contributed by atoms with E-state index in [4.69, 9.17) is 4.74 Å². The van der Waals surface area contributed by atoms with Crippen molar-refractivity contribution >= 4 is 5.69 Å². The van der Waals surface area contributed by atoms with Crippen LogP contribution in [0.1, 0.15) is 26.2 Å². The van der Waals surface area contributed by atoms with Crippen molar-refractivity contribution in [3.63, 3.8) is 0 Å². The van der Waals surface area contributed by atoms with Crippen LogP contribution in [0.4, 0.5) is 5.69 Å². The molecule has 18 heavy (non-hydrogen) atoms. The normalized spacial score (nSPS) is 15.9. The maximum absolute atomic E-state index is 11.9. The number of aromatic nitrogens is 2. The molecule has 5 heteroatoms. The molecule has 100 valence electrons. The van der Waals surface area contributed by atoms with Crippen molar-refractivity contribution in [1.82, 2.24) is 9.78 Å². The third-order valence-electron chi connectivity index (χ3n) is 3.23. The molecule has 0 aliphatic carbocycles. The van der Waals surface area contributed by atoms with E-state index in [9.17, 15) is 4.79 Å². The lowest BCUT2D eigenvalue weighted by molar-refractivity contribution is 0.135. The highest BCUT2D eigenvalue weighted by molar-refractivity contribution is 5.43. The fraction of sp³-hybridized carbons (Fsp3) is 0.692. The smallest absolute Gasteiger partial charge is 0.268 e. The first-order valence-electron chi connectivity index (χ1n) is 6.71. The topological polar surface area (TPSA) is 47.4 Å². The summed E-state index contributed by atoms with van der Waals surface area (Å²) >= 11 is 0. The zero-order chi connectivity index (χ0) is 12.8. The summed E-state index contributed by atoms with van der Waals surface area (Å²) in [5.74, 6) is 0. The summed E-state index contributed by atoms with van der Waals surface area (Å²) in [6.45, 7) is 5.73. The predicted molar refractivity (Wildman–Crippen MR) is 71.1 cm³/mol. The van der Waals surface area contributed by atoms with Crippen LogP contribution >= 0.6 is 0 Å². The maximum atomic E-state index is 11.9. The van der Waals surface area contributed by atoms with Gasteiger partial charge in [-0.05, 0) is 26.2 Å². The molecule has 1 aliphatic heterocycles. The zero-order valence-corrected chi connectivity index (χ0v) is 11.0. The molecular formula is C13H21N3O2. The Hall–Kier alpha value is -1.36. The second-order valence-corrected chi connectivity index (χ2v) is 4.52. The van der Waals surface area contributed by atoms with Crippen LogP contribution in [0, 0.1) is 0 Å². The lowest BCUT2D eigenvalue weighted by Crippen LogP contribution is -2.32. The Labute approximate surface area is 107 Å². The quantitative estimate of drug-likeness (QED) is 0.739. The summed E-state index contributed by atoms with van der Waals surface area (Å²) < 4.78 is 6.69. The minimum atomic E-state index is -0.0437. The Balaban J connectivity index is 2.02. The molecule has 2 rings (SSSR count). The van der Waals surface area contributed by atoms with Gasteiger partial charge in [0.15, 0.2) is 0 Å². The lowest BCUT2D eigenvalue weighted by atomic mass is 10.1. The van der Waals surface area contributed by atoms with Crippen molar-refractivity contribution in [1.29, 1.82) is 0 Å². The minimum Gasteiger partial charge on any atom is -0.380 e. The number of anilines is 1. The van der Waals surface area contributed by atoms with Crippen LogP contribution in [0.15, 0.2) is 17.1 Å². The SMILES string of the molecule is CCOCCn1ncc(N2CCCCC2)cc1=O. The van der Waals surface area contributed by atoms with Crippen LogP contribution in [0.25, 0.3) is 0 Å². The summed E-state index contributed by atoms with van der Waals surface area (Å²) in [6, 6.07) is 1.68. The molecule has 0 radical (unpaired) electrons. The zero-order valence-electron chi connectivity index (χ0n) is 11.0. The Morgan fingerprint density at radius 2 is 2.11 bits per heavy atom. The summed E-state index contributed by atoms with van der Waals surface area (Å²) in [4.78, 5) is 14.1. The van der Waals surface area contributed by atoms with Crippen LogP contribution in [0.5, 0.6) is 0 Å². The highest BCUT2D eigenvalue weighted by atomic mass is 16.5. The van der Waals surface area contributed by atoms with Gasteiger partial charge in [-0.3, -0.25) is 4.79 Å². The van der Waals surface area contributed by atoms with Crippen molar-refractivity contribution in [3.8, 4) is 0 Å². The van der Waals surface area contributed by atoms with Crippen molar-refractivity contribution in [2.75, 3.05) is 31.2 Å². The molecule has 5 nitrogen and oxygen atoms in total. The van der Waals surface area contributed by atoms with Crippen LogP contribution in [0.2, 0.25) is 0 Å². The molecule has 0 N–H and O–H groups in total. The number of hydrogen-bond acceptors (Lipinski definition) is 4. The fourth-order valence-corrected chi connectivity index (χ4v) is 2.21. The number of nitrogens with zero attached hydrogens (tertiary/aromatic N) is 3. The molecule has 0 bridgehead atoms. The fourth-order valence-electron chi connectivity index (χ4n) is 2.21. The van der Waals surface area contributed by atoms with E-state index in [1.54, 1.807) is 12.3 Å². The van der Waals surface area contributed by atoms with Gasteiger partial charge in [-0.25, -0.2) is 4.68 Å². The van der Waals surface area contributed by atoms with Crippen LogP contribution < -0.4 is 10.5 Å². The van der Waals surface area contributed by atoms with Gasteiger partial charge in [-0.15, -0.1) is 0 Å². The van der Waals surface area contributed by atoms with E-state index < -0.39 is 0 Å². The van der Waals surface area contributed by atoms with E-state index in [1.165, 1.54) is 23.9 Å². The Morgan fingerprint density at radius 3 is 2.78 bits per heavy atom. The first kappa shape index (κ1) is 13.1. The van der Waals surface area contributed by atoms with Gasteiger partial charge in [-0.1, -0.05) is 0 Å². The van der Waals surface area contributed by atoms with Gasteiger partial charge >= 0.3 is 0 Å². The third-order valence-corrected chi connectivity index (χ3v) is 3.23. The Kier molecular flexibility index (Phi) is 4.75. The first-order chi connectivity index (χ1) is 8.81. The number of hydrogen-bond donors (Lipinski definition) is 0. The van der Waals surface area contributed by atoms with E-state index in [2.05, 4.69) is 10.00 Å². The molecule has 1 aromatic heterocycles. The largest absolute Gasteiger partial charge is 0.380 e. The standard InChI is InChI=1S/C13H21N3O2/c1-2-18-9-8-16-13(17)10-12(11-14-16)15-6-4-3-5-7-15/h10-11H,2-9H2,1H3. The molecule has 2 heterocycles. The highest BCUT2D eigenvalue weighted by Crippen LogP contribution is 2.16. The van der Waals surface area contributed by atoms with Crippen molar-refractivity contribution < 1.29 is 4.74 Å². The van der Waals surface area contributed by atoms with Gasteiger partial charge in [0, 0.05) is 25.8 Å². The lowest BCUT2D eigenvalue weighted by Gasteiger charge is -2.28. The van der Waals surface area contributed by atoms with Gasteiger partial charge in [-0.2, -0.15) is 5.10 Å². The molecule has 1 fully saturated rings. The van der Waals surface area contributed by atoms with Crippen molar-refractivity contribution in [2.24, 2.45) is 0 Å². The van der Waals surface area contributed by atoms with Gasteiger partial charge < -0.3 is 9.64 Å². The Bertz CT molecular complexity index is 424. The number of rotatable bonds is 5. The second-order valence-electron chi connectivity index (χ2n) is 4.52. The molecule has 1 saturated heterocycles. The average molecular weight is 251 g/mol. The van der Waals surface area contributed by atoms with Gasteiger partial charge in [0.1, 0.15) is 0 Å². The molecule has 0 aromatic carbocycles. The molecular weight excluding hydrogens is 230 g/mol. The van der Waals surface area contributed by atoms with Crippen LogP contribution in [-0.2, 0) is 11.3 Å². The molecule has 0 unspecified atom stereocenters. The molecule has 0 amide bonds. The van der Waals surface area contributed by atoms with E-state index in [0.29, 0.717) is 19.8 Å². The first-order valence-corrected chi connectivity index (χ1v) is 6.71. The van der Waals surface area contributed by atoms with Gasteiger partial charge in [0.2, 0.25) is 0 Å². The van der Waals surface area contributed by atoms with Crippen LogP contribution in [0.3, 0.4) is 0 Å². The average Bonchev–Trinajstić information content (AvgIpc) is 2.42. The maximum Gasteiger partial charge on any atom is 0.268 e. The minimum absolute atomic E-state index is 0.0437. The highest BCUT2D eigenvalue weighted by Gasteiger charge is 2.12. The number of ether oxygens (including phenoxy) is 1. The predicted octanol–water partition coefficient (Wildman–Crippen LogP) is 1.27. The van der Waals surface area contributed by atoms with E-state index in [1.807, 2.05) is 6.92 Å². The van der Waals surface area contributed by atoms with Crippen molar-refractivity contribution in [2.45, 2.75) is 32.7 Å². The van der Waals surface area contributed by atoms with Crippen LogP contribution in [-0.4, -0.2) is 36.1 Å². The molecule has 0 atom stereocenters. The summed E-state index contributed by atoms with van der Waals surface area (Å²) in [6.07, 6.45) is 5.48. The van der Waals surface area contributed by atoms with Gasteiger partial charge in [0.25, 0.3) is 5.56 Å². The summed E-state index contributed by atoms with van der Waals surface area (Å²) in [5, 5.41) is 4.21.